The van der Waals surface area contributed by atoms with E-state index in [1.54, 1.807) is 23.1 Å². The molecule has 1 N–H and O–H groups in total. The lowest BCUT2D eigenvalue weighted by Crippen LogP contribution is -2.20. The van der Waals surface area contributed by atoms with E-state index >= 15 is 0 Å². The average Bonchev–Trinajstić information content (AvgIpc) is 2.68. The maximum Gasteiger partial charge on any atom is 0.174 e. The second-order valence-corrected chi connectivity index (χ2v) is 6.48. The van der Waals surface area contributed by atoms with Crippen molar-refractivity contribution in [3.05, 3.63) is 5.01 Å². The number of ether oxygens (including phenoxy) is 1. The third kappa shape index (κ3) is 7.70. The fourth-order valence-electron chi connectivity index (χ4n) is 1.19. The smallest absolute Gasteiger partial charge is 0.174 e. The van der Waals surface area contributed by atoms with Crippen molar-refractivity contribution in [2.24, 2.45) is 0 Å². The van der Waals surface area contributed by atoms with Gasteiger partial charge in [-0.05, 0) is 33.7 Å². The summed E-state index contributed by atoms with van der Waals surface area (Å²) in [5.74, 6) is 1.04. The summed E-state index contributed by atoms with van der Waals surface area (Å²) in [4.78, 5) is 0. The van der Waals surface area contributed by atoms with Crippen LogP contribution in [-0.2, 0) is 4.74 Å². The van der Waals surface area contributed by atoms with Crippen molar-refractivity contribution in [1.29, 1.82) is 0 Å². The second kappa shape index (κ2) is 8.85. The first-order valence-corrected chi connectivity index (χ1v) is 7.74. The molecular formula is C11H21N3OS2. The molecule has 17 heavy (non-hydrogen) atoms. The SMILES string of the molecule is Cc1nnc(SCCNCCCOC(C)C)s1. The molecule has 0 fully saturated rings. The van der Waals surface area contributed by atoms with E-state index in [2.05, 4.69) is 29.4 Å². The van der Waals surface area contributed by atoms with Gasteiger partial charge in [0, 0.05) is 18.9 Å². The summed E-state index contributed by atoms with van der Waals surface area (Å²) in [6.45, 7) is 8.97. The molecule has 0 aliphatic heterocycles. The van der Waals surface area contributed by atoms with Gasteiger partial charge in [0.1, 0.15) is 5.01 Å². The zero-order chi connectivity index (χ0) is 12.5. The van der Waals surface area contributed by atoms with Gasteiger partial charge >= 0.3 is 0 Å². The van der Waals surface area contributed by atoms with Crippen molar-refractivity contribution in [2.45, 2.75) is 37.6 Å². The van der Waals surface area contributed by atoms with Crippen molar-refractivity contribution in [3.63, 3.8) is 0 Å². The summed E-state index contributed by atoms with van der Waals surface area (Å²) in [5.41, 5.74) is 0. The molecular weight excluding hydrogens is 254 g/mol. The van der Waals surface area contributed by atoms with Crippen LogP contribution in [0.1, 0.15) is 25.3 Å². The number of rotatable bonds is 9. The molecule has 0 aliphatic carbocycles. The Morgan fingerprint density at radius 3 is 2.82 bits per heavy atom. The Balaban J connectivity index is 1.88. The first kappa shape index (κ1) is 14.9. The van der Waals surface area contributed by atoms with Crippen LogP contribution < -0.4 is 5.32 Å². The molecule has 6 heteroatoms. The van der Waals surface area contributed by atoms with Gasteiger partial charge in [0.05, 0.1) is 6.10 Å². The highest BCUT2D eigenvalue weighted by Crippen LogP contribution is 2.20. The number of hydrogen-bond acceptors (Lipinski definition) is 6. The summed E-state index contributed by atoms with van der Waals surface area (Å²) in [7, 11) is 0. The van der Waals surface area contributed by atoms with Gasteiger partial charge in [-0.3, -0.25) is 0 Å². The van der Waals surface area contributed by atoms with Crippen molar-refractivity contribution in [1.82, 2.24) is 15.5 Å². The molecule has 98 valence electrons. The largest absolute Gasteiger partial charge is 0.379 e. The molecule has 4 nitrogen and oxygen atoms in total. The Kier molecular flexibility index (Phi) is 7.75. The van der Waals surface area contributed by atoms with Crippen LogP contribution >= 0.6 is 23.1 Å². The number of hydrogen-bond donors (Lipinski definition) is 1. The normalized spacial score (nSPS) is 11.3. The summed E-state index contributed by atoms with van der Waals surface area (Å²) in [6, 6.07) is 0. The molecule has 1 rings (SSSR count). The highest BCUT2D eigenvalue weighted by molar-refractivity contribution is 8.01. The molecule has 1 aromatic heterocycles. The predicted molar refractivity (Wildman–Crippen MR) is 73.9 cm³/mol. The summed E-state index contributed by atoms with van der Waals surface area (Å²) >= 11 is 3.42. The zero-order valence-corrected chi connectivity index (χ0v) is 12.4. The van der Waals surface area contributed by atoms with Crippen LogP contribution in [0.3, 0.4) is 0 Å². The maximum absolute atomic E-state index is 5.46. The van der Waals surface area contributed by atoms with E-state index in [4.69, 9.17) is 4.74 Å². The van der Waals surface area contributed by atoms with Crippen molar-refractivity contribution in [3.8, 4) is 0 Å². The second-order valence-electron chi connectivity index (χ2n) is 3.96. The average molecular weight is 275 g/mol. The Labute approximate surface area is 112 Å². The quantitative estimate of drug-likeness (QED) is 0.554. The Morgan fingerprint density at radius 1 is 1.35 bits per heavy atom. The third-order valence-corrected chi connectivity index (χ3v) is 3.93. The lowest BCUT2D eigenvalue weighted by atomic mass is 10.4. The minimum absolute atomic E-state index is 0.339. The lowest BCUT2D eigenvalue weighted by molar-refractivity contribution is 0.0772. The number of nitrogens with zero attached hydrogens (tertiary/aromatic N) is 2. The van der Waals surface area contributed by atoms with Gasteiger partial charge in [-0.25, -0.2) is 0 Å². The van der Waals surface area contributed by atoms with E-state index in [1.165, 1.54) is 0 Å². The number of nitrogens with one attached hydrogen (secondary N) is 1. The zero-order valence-electron chi connectivity index (χ0n) is 10.7. The molecule has 0 atom stereocenters. The van der Waals surface area contributed by atoms with E-state index < -0.39 is 0 Å². The van der Waals surface area contributed by atoms with Crippen molar-refractivity contribution in [2.75, 3.05) is 25.4 Å². The Hall–Kier alpha value is -0.170. The monoisotopic (exact) mass is 275 g/mol. The fourth-order valence-corrected chi connectivity index (χ4v) is 2.97. The van der Waals surface area contributed by atoms with Crippen LogP contribution in [0, 0.1) is 6.92 Å². The highest BCUT2D eigenvalue weighted by atomic mass is 32.2. The lowest BCUT2D eigenvalue weighted by Gasteiger charge is -2.07. The van der Waals surface area contributed by atoms with Gasteiger partial charge < -0.3 is 10.1 Å². The van der Waals surface area contributed by atoms with Gasteiger partial charge in [-0.2, -0.15) is 0 Å². The molecule has 1 heterocycles. The molecule has 0 saturated heterocycles. The summed E-state index contributed by atoms with van der Waals surface area (Å²) in [5, 5.41) is 12.5. The predicted octanol–water partition coefficient (Wildman–Crippen LogP) is 2.34. The summed E-state index contributed by atoms with van der Waals surface area (Å²) < 4.78 is 6.52. The molecule has 0 aromatic carbocycles. The molecule has 0 aliphatic rings. The first-order valence-electron chi connectivity index (χ1n) is 5.93. The highest BCUT2D eigenvalue weighted by Gasteiger charge is 2.00. The first-order chi connectivity index (χ1) is 8.18. The number of thioether (sulfide) groups is 1. The molecule has 0 unspecified atom stereocenters. The van der Waals surface area contributed by atoms with E-state index in [9.17, 15) is 0 Å². The van der Waals surface area contributed by atoms with E-state index in [-0.39, 0.29) is 0 Å². The van der Waals surface area contributed by atoms with Gasteiger partial charge in [0.2, 0.25) is 0 Å². The molecule has 1 aromatic rings. The topological polar surface area (TPSA) is 47.0 Å². The number of aromatic nitrogens is 2. The maximum atomic E-state index is 5.46. The molecule has 0 saturated carbocycles. The van der Waals surface area contributed by atoms with Gasteiger partial charge in [0.15, 0.2) is 4.34 Å². The summed E-state index contributed by atoms with van der Waals surface area (Å²) in [6.07, 6.45) is 1.41. The van der Waals surface area contributed by atoms with E-state index in [0.29, 0.717) is 6.10 Å². The van der Waals surface area contributed by atoms with E-state index in [0.717, 1.165) is 41.2 Å². The number of aryl methyl sites for hydroxylation is 1. The van der Waals surface area contributed by atoms with Gasteiger partial charge in [-0.1, -0.05) is 23.1 Å². The van der Waals surface area contributed by atoms with Crippen LogP contribution in [0.15, 0.2) is 4.34 Å². The van der Waals surface area contributed by atoms with Crippen molar-refractivity contribution < 1.29 is 4.74 Å². The molecule has 0 spiro atoms. The molecule has 0 amide bonds. The molecule has 0 radical (unpaired) electrons. The Bertz CT molecular complexity index is 305. The van der Waals surface area contributed by atoms with Crippen molar-refractivity contribution >= 4 is 23.1 Å². The van der Waals surface area contributed by atoms with Crippen LogP contribution in [0.2, 0.25) is 0 Å². The van der Waals surface area contributed by atoms with Gasteiger partial charge in [0.25, 0.3) is 0 Å². The van der Waals surface area contributed by atoms with Crippen LogP contribution in [0.5, 0.6) is 0 Å². The van der Waals surface area contributed by atoms with Crippen LogP contribution in [0.25, 0.3) is 0 Å². The fraction of sp³-hybridized carbons (Fsp3) is 0.818. The van der Waals surface area contributed by atoms with Crippen LogP contribution in [-0.4, -0.2) is 41.8 Å². The minimum atomic E-state index is 0.339. The standard InChI is InChI=1S/C11H21N3OS2/c1-9(2)15-7-4-5-12-6-8-16-11-14-13-10(3)17-11/h9,12H,4-8H2,1-3H3. The third-order valence-electron chi connectivity index (χ3n) is 1.96. The molecule has 0 bridgehead atoms. The van der Waals surface area contributed by atoms with E-state index in [1.807, 2.05) is 6.92 Å². The minimum Gasteiger partial charge on any atom is -0.379 e. The van der Waals surface area contributed by atoms with Crippen LogP contribution in [0.4, 0.5) is 0 Å². The Morgan fingerprint density at radius 2 is 2.18 bits per heavy atom. The van der Waals surface area contributed by atoms with Gasteiger partial charge in [-0.15, -0.1) is 10.2 Å².